The number of hydrogen-bond acceptors (Lipinski definition) is 4. The highest BCUT2D eigenvalue weighted by atomic mass is 35.5. The smallest absolute Gasteiger partial charge is 0.306 e. The van der Waals surface area contributed by atoms with Crippen LogP contribution in [0.15, 0.2) is 6.07 Å². The van der Waals surface area contributed by atoms with Crippen LogP contribution >= 0.6 is 34.5 Å². The van der Waals surface area contributed by atoms with Gasteiger partial charge in [0.25, 0.3) is 0 Å². The molecule has 0 fully saturated rings. The summed E-state index contributed by atoms with van der Waals surface area (Å²) in [5.41, 5.74) is 5.98. The SMILES string of the molecule is COC(=O)CC(C)(CN)c1cc(Cl)sc1Cl. The van der Waals surface area contributed by atoms with Crippen LogP contribution in [-0.2, 0) is 14.9 Å². The summed E-state index contributed by atoms with van der Waals surface area (Å²) in [4.78, 5) is 11.3. The molecule has 0 aliphatic rings. The van der Waals surface area contributed by atoms with Gasteiger partial charge in [0.05, 0.1) is 22.2 Å². The summed E-state index contributed by atoms with van der Waals surface area (Å²) < 4.78 is 5.81. The standard InChI is InChI=1S/C10H13Cl2NO2S/c1-10(5-13,4-8(14)15-2)6-3-7(11)16-9(6)12/h3H,4-5,13H2,1-2H3. The van der Waals surface area contributed by atoms with Crippen LogP contribution in [-0.4, -0.2) is 19.6 Å². The third-order valence-electron chi connectivity index (χ3n) is 2.52. The van der Waals surface area contributed by atoms with Crippen molar-refractivity contribution in [1.82, 2.24) is 0 Å². The number of methoxy groups -OCH3 is 1. The van der Waals surface area contributed by atoms with Crippen LogP contribution in [0.2, 0.25) is 8.67 Å². The topological polar surface area (TPSA) is 52.3 Å². The quantitative estimate of drug-likeness (QED) is 0.864. The van der Waals surface area contributed by atoms with Crippen molar-refractivity contribution in [3.63, 3.8) is 0 Å². The van der Waals surface area contributed by atoms with Gasteiger partial charge >= 0.3 is 5.97 Å². The molecule has 6 heteroatoms. The fraction of sp³-hybridized carbons (Fsp3) is 0.500. The number of thiophene rings is 1. The van der Waals surface area contributed by atoms with Crippen LogP contribution in [0.3, 0.4) is 0 Å². The van der Waals surface area contributed by atoms with E-state index in [0.717, 1.165) is 5.56 Å². The van der Waals surface area contributed by atoms with E-state index in [9.17, 15) is 4.79 Å². The predicted molar refractivity (Wildman–Crippen MR) is 67.4 cm³/mol. The highest BCUT2D eigenvalue weighted by Crippen LogP contribution is 2.40. The largest absolute Gasteiger partial charge is 0.469 e. The molecule has 0 aliphatic heterocycles. The molecule has 2 N–H and O–H groups in total. The van der Waals surface area contributed by atoms with Crippen LogP contribution in [0, 0.1) is 0 Å². The Hall–Kier alpha value is -0.290. The van der Waals surface area contributed by atoms with Gasteiger partial charge in [0.15, 0.2) is 0 Å². The highest BCUT2D eigenvalue weighted by molar-refractivity contribution is 7.20. The minimum atomic E-state index is -0.534. The molecule has 3 nitrogen and oxygen atoms in total. The molecule has 1 atom stereocenters. The van der Waals surface area contributed by atoms with Gasteiger partial charge in [0, 0.05) is 12.0 Å². The molecule has 0 spiro atoms. The van der Waals surface area contributed by atoms with Crippen molar-refractivity contribution in [1.29, 1.82) is 0 Å². The number of carbonyl (C=O) groups excluding carboxylic acids is 1. The van der Waals surface area contributed by atoms with Gasteiger partial charge in [-0.1, -0.05) is 30.1 Å². The second-order valence-electron chi connectivity index (χ2n) is 3.76. The van der Waals surface area contributed by atoms with Crippen molar-refractivity contribution in [2.75, 3.05) is 13.7 Å². The van der Waals surface area contributed by atoms with Gasteiger partial charge < -0.3 is 10.5 Å². The Bertz CT molecular complexity index is 394. The first-order valence-corrected chi connectivity index (χ1v) is 6.22. The summed E-state index contributed by atoms with van der Waals surface area (Å²) >= 11 is 13.2. The lowest BCUT2D eigenvalue weighted by atomic mass is 9.81. The zero-order valence-electron chi connectivity index (χ0n) is 9.05. The maximum absolute atomic E-state index is 11.3. The zero-order valence-corrected chi connectivity index (χ0v) is 11.4. The summed E-state index contributed by atoms with van der Waals surface area (Å²) in [6.07, 6.45) is 0.187. The van der Waals surface area contributed by atoms with E-state index in [1.165, 1.54) is 18.4 Å². The maximum Gasteiger partial charge on any atom is 0.306 e. The molecule has 1 aromatic heterocycles. The van der Waals surface area contributed by atoms with E-state index in [4.69, 9.17) is 28.9 Å². The van der Waals surface area contributed by atoms with Crippen LogP contribution in [0.25, 0.3) is 0 Å². The molecule has 1 heterocycles. The molecule has 0 aliphatic carbocycles. The molecule has 0 saturated heterocycles. The molecular formula is C10H13Cl2NO2S. The van der Waals surface area contributed by atoms with Crippen LogP contribution in [0.4, 0.5) is 0 Å². The van der Waals surface area contributed by atoms with Gasteiger partial charge in [-0.05, 0) is 11.6 Å². The number of carbonyl (C=O) groups is 1. The molecule has 1 rings (SSSR count). The van der Waals surface area contributed by atoms with E-state index in [-0.39, 0.29) is 12.4 Å². The van der Waals surface area contributed by atoms with Crippen molar-refractivity contribution in [2.24, 2.45) is 5.73 Å². The van der Waals surface area contributed by atoms with Gasteiger partial charge in [0.1, 0.15) is 0 Å². The van der Waals surface area contributed by atoms with Crippen LogP contribution in [0.5, 0.6) is 0 Å². The van der Waals surface area contributed by atoms with Gasteiger partial charge in [-0.2, -0.15) is 0 Å². The van der Waals surface area contributed by atoms with Gasteiger partial charge in [0.2, 0.25) is 0 Å². The Morgan fingerprint density at radius 1 is 1.62 bits per heavy atom. The molecule has 0 aromatic carbocycles. The van der Waals surface area contributed by atoms with Crippen molar-refractivity contribution >= 4 is 40.5 Å². The number of halogens is 2. The van der Waals surface area contributed by atoms with Gasteiger partial charge in [-0.3, -0.25) is 4.79 Å². The van der Waals surface area contributed by atoms with Crippen molar-refractivity contribution in [3.8, 4) is 0 Å². The molecular weight excluding hydrogens is 269 g/mol. The van der Waals surface area contributed by atoms with Crippen LogP contribution in [0.1, 0.15) is 18.9 Å². The van der Waals surface area contributed by atoms with Crippen molar-refractivity contribution < 1.29 is 9.53 Å². The first-order chi connectivity index (χ1) is 7.42. The molecule has 16 heavy (non-hydrogen) atoms. The molecule has 0 bridgehead atoms. The van der Waals surface area contributed by atoms with E-state index in [1.807, 2.05) is 6.92 Å². The third kappa shape index (κ3) is 2.88. The highest BCUT2D eigenvalue weighted by Gasteiger charge is 2.32. The lowest BCUT2D eigenvalue weighted by Gasteiger charge is -2.26. The molecule has 0 radical (unpaired) electrons. The number of nitrogens with two attached hydrogens (primary N) is 1. The number of esters is 1. The second kappa shape index (κ2) is 5.36. The second-order valence-corrected chi connectivity index (χ2v) is 6.04. The number of hydrogen-bond donors (Lipinski definition) is 1. The van der Waals surface area contributed by atoms with Gasteiger partial charge in [-0.15, -0.1) is 11.3 Å². The normalized spacial score (nSPS) is 14.6. The summed E-state index contributed by atoms with van der Waals surface area (Å²) in [6, 6.07) is 1.75. The molecule has 90 valence electrons. The third-order valence-corrected chi connectivity index (χ3v) is 4.01. The van der Waals surface area contributed by atoms with E-state index >= 15 is 0 Å². The van der Waals surface area contributed by atoms with E-state index < -0.39 is 5.41 Å². The first-order valence-electron chi connectivity index (χ1n) is 4.65. The van der Waals surface area contributed by atoms with E-state index in [2.05, 4.69) is 4.74 Å². The van der Waals surface area contributed by atoms with E-state index in [0.29, 0.717) is 15.2 Å². The Balaban J connectivity index is 3.04. The summed E-state index contributed by atoms with van der Waals surface area (Å²) in [5, 5.41) is 0. The minimum Gasteiger partial charge on any atom is -0.469 e. The monoisotopic (exact) mass is 281 g/mol. The molecule has 1 unspecified atom stereocenters. The minimum absolute atomic E-state index is 0.187. The Kier molecular flexibility index (Phi) is 4.62. The Morgan fingerprint density at radius 2 is 2.25 bits per heavy atom. The van der Waals surface area contributed by atoms with Crippen LogP contribution < -0.4 is 5.73 Å². The van der Waals surface area contributed by atoms with Crippen molar-refractivity contribution in [2.45, 2.75) is 18.8 Å². The number of ether oxygens (including phenoxy) is 1. The summed E-state index contributed by atoms with van der Waals surface area (Å²) in [7, 11) is 1.35. The Labute approximate surface area is 108 Å². The Morgan fingerprint density at radius 3 is 2.62 bits per heavy atom. The van der Waals surface area contributed by atoms with Crippen molar-refractivity contribution in [3.05, 3.63) is 20.3 Å². The summed E-state index contributed by atoms with van der Waals surface area (Å²) in [6.45, 7) is 2.17. The molecule has 0 saturated carbocycles. The maximum atomic E-state index is 11.3. The molecule has 0 amide bonds. The first kappa shape index (κ1) is 13.8. The lowest BCUT2D eigenvalue weighted by Crippen LogP contribution is -2.34. The zero-order chi connectivity index (χ0) is 12.3. The fourth-order valence-corrected chi connectivity index (χ4v) is 3.17. The fourth-order valence-electron chi connectivity index (χ4n) is 1.42. The summed E-state index contributed by atoms with van der Waals surface area (Å²) in [5.74, 6) is -0.314. The average molecular weight is 282 g/mol. The van der Waals surface area contributed by atoms with Gasteiger partial charge in [-0.25, -0.2) is 0 Å². The van der Waals surface area contributed by atoms with E-state index in [1.54, 1.807) is 6.07 Å². The number of rotatable bonds is 4. The predicted octanol–water partition coefficient (Wildman–Crippen LogP) is 2.83. The average Bonchev–Trinajstić information content (AvgIpc) is 2.58. The lowest BCUT2D eigenvalue weighted by molar-refractivity contribution is -0.141. The molecule has 1 aromatic rings.